The lowest BCUT2D eigenvalue weighted by molar-refractivity contribution is 0.562. The van der Waals surface area contributed by atoms with Crippen LogP contribution in [0.4, 0.5) is 0 Å². The zero-order valence-corrected chi connectivity index (χ0v) is 5.73. The first-order valence-corrected chi connectivity index (χ1v) is 3.60. The van der Waals surface area contributed by atoms with Crippen LogP contribution in [0.3, 0.4) is 0 Å². The van der Waals surface area contributed by atoms with E-state index >= 15 is 0 Å². The van der Waals surface area contributed by atoms with Gasteiger partial charge in [0.05, 0.1) is 0 Å². The molecule has 2 nitrogen and oxygen atoms in total. The Hall–Kier alpha value is -0.830. The highest BCUT2D eigenvalue weighted by molar-refractivity contribution is 7.09. The number of aromatic nitrogens is 1. The Labute approximate surface area is 56.1 Å². The number of hydrogen-bond donors (Lipinski definition) is 0. The van der Waals surface area contributed by atoms with Crippen LogP contribution in [0.15, 0.2) is 15.2 Å². The van der Waals surface area contributed by atoms with E-state index in [0.717, 1.165) is 17.0 Å². The van der Waals surface area contributed by atoms with Crippen molar-refractivity contribution in [3.05, 3.63) is 16.7 Å². The quantitative estimate of drug-likeness (QED) is 0.559. The molecule has 0 saturated carbocycles. The van der Waals surface area contributed by atoms with Crippen LogP contribution in [-0.4, -0.2) is 4.98 Å². The number of thiophene rings is 1. The number of hydrogen-bond acceptors (Lipinski definition) is 3. The highest BCUT2D eigenvalue weighted by Gasteiger charge is 1.99. The minimum atomic E-state index is 0.743. The molecule has 0 fully saturated rings. The smallest absolute Gasteiger partial charge is 0.192 e. The van der Waals surface area contributed by atoms with Crippen molar-refractivity contribution < 1.29 is 4.42 Å². The Bertz CT molecular complexity index is 294. The Morgan fingerprint density at radius 3 is 3.22 bits per heavy atom. The van der Waals surface area contributed by atoms with Crippen LogP contribution in [-0.2, 0) is 0 Å². The third kappa shape index (κ3) is 0.650. The van der Waals surface area contributed by atoms with Gasteiger partial charge in [-0.05, 0) is 0 Å². The van der Waals surface area contributed by atoms with Gasteiger partial charge in [-0.3, -0.25) is 0 Å². The van der Waals surface area contributed by atoms with E-state index in [1.54, 1.807) is 11.3 Å². The second-order valence-corrected chi connectivity index (χ2v) is 2.60. The van der Waals surface area contributed by atoms with Crippen molar-refractivity contribution in [2.45, 2.75) is 6.92 Å². The molecule has 3 heteroatoms. The molecule has 0 aliphatic heterocycles. The highest BCUT2D eigenvalue weighted by atomic mass is 32.1. The maximum absolute atomic E-state index is 5.21. The fraction of sp³-hybridized carbons (Fsp3) is 0.167. The molecule has 2 aromatic heterocycles. The van der Waals surface area contributed by atoms with E-state index in [4.69, 9.17) is 4.42 Å². The number of oxazole rings is 1. The van der Waals surface area contributed by atoms with Gasteiger partial charge in [0.15, 0.2) is 11.5 Å². The maximum Gasteiger partial charge on any atom is 0.192 e. The number of aryl methyl sites for hydroxylation is 1. The summed E-state index contributed by atoms with van der Waals surface area (Å²) in [5.74, 6) is 0.743. The zero-order chi connectivity index (χ0) is 6.27. The summed E-state index contributed by atoms with van der Waals surface area (Å²) in [6, 6.07) is 0. The zero-order valence-electron chi connectivity index (χ0n) is 4.92. The lowest BCUT2D eigenvalue weighted by Gasteiger charge is -1.71. The third-order valence-corrected chi connectivity index (χ3v) is 1.85. The van der Waals surface area contributed by atoms with Crippen molar-refractivity contribution in [1.29, 1.82) is 0 Å². The molecule has 0 aliphatic carbocycles. The second kappa shape index (κ2) is 1.57. The molecule has 0 radical (unpaired) electrons. The monoisotopic (exact) mass is 139 g/mol. The normalized spacial score (nSPS) is 10.8. The summed E-state index contributed by atoms with van der Waals surface area (Å²) in [4.78, 5) is 4.12. The van der Waals surface area contributed by atoms with Gasteiger partial charge in [0.25, 0.3) is 0 Å². The molecule has 0 aliphatic rings. The number of rotatable bonds is 0. The second-order valence-electron chi connectivity index (χ2n) is 1.85. The van der Waals surface area contributed by atoms with E-state index in [0.29, 0.717) is 0 Å². The van der Waals surface area contributed by atoms with Gasteiger partial charge in [-0.25, -0.2) is 4.98 Å². The molecule has 0 saturated heterocycles. The van der Waals surface area contributed by atoms with Gasteiger partial charge in [0.1, 0.15) is 5.52 Å². The summed E-state index contributed by atoms with van der Waals surface area (Å²) in [5, 5.41) is 3.93. The predicted molar refractivity (Wildman–Crippen MR) is 36.6 cm³/mol. The first kappa shape index (κ1) is 4.99. The SMILES string of the molecule is Cc1nc2cscc2o1. The van der Waals surface area contributed by atoms with E-state index in [1.165, 1.54) is 0 Å². The summed E-state index contributed by atoms with van der Waals surface area (Å²) < 4.78 is 5.21. The van der Waals surface area contributed by atoms with Crippen molar-refractivity contribution in [3.63, 3.8) is 0 Å². The van der Waals surface area contributed by atoms with E-state index in [-0.39, 0.29) is 0 Å². The fourth-order valence-corrected chi connectivity index (χ4v) is 1.45. The maximum atomic E-state index is 5.21. The molecule has 2 aromatic rings. The molecule has 9 heavy (non-hydrogen) atoms. The third-order valence-electron chi connectivity index (χ3n) is 1.14. The van der Waals surface area contributed by atoms with Crippen molar-refractivity contribution in [3.8, 4) is 0 Å². The van der Waals surface area contributed by atoms with Crippen molar-refractivity contribution >= 4 is 22.4 Å². The lowest BCUT2D eigenvalue weighted by Crippen LogP contribution is -1.62. The topological polar surface area (TPSA) is 26.0 Å². The molecule has 0 unspecified atom stereocenters. The Kier molecular flexibility index (Phi) is 0.873. The van der Waals surface area contributed by atoms with Gasteiger partial charge in [0.2, 0.25) is 0 Å². The van der Waals surface area contributed by atoms with Crippen LogP contribution < -0.4 is 0 Å². The van der Waals surface area contributed by atoms with Crippen molar-refractivity contribution in [1.82, 2.24) is 4.98 Å². The molecule has 0 atom stereocenters. The standard InChI is InChI=1S/C6H5NOS/c1-4-7-5-2-9-3-6(5)8-4/h2-3H,1H3. The molecule has 0 aromatic carbocycles. The van der Waals surface area contributed by atoms with Crippen LogP contribution in [0, 0.1) is 6.92 Å². The van der Waals surface area contributed by atoms with Gasteiger partial charge in [-0.15, -0.1) is 11.3 Å². The van der Waals surface area contributed by atoms with E-state index < -0.39 is 0 Å². The minimum absolute atomic E-state index is 0.743. The molecular formula is C6H5NOS. The van der Waals surface area contributed by atoms with Crippen LogP contribution in [0.2, 0.25) is 0 Å². The highest BCUT2D eigenvalue weighted by Crippen LogP contribution is 2.18. The summed E-state index contributed by atoms with van der Waals surface area (Å²) in [7, 11) is 0. The average molecular weight is 139 g/mol. The molecule has 2 heterocycles. The van der Waals surface area contributed by atoms with Gasteiger partial charge < -0.3 is 4.42 Å². The van der Waals surface area contributed by atoms with Crippen molar-refractivity contribution in [2.75, 3.05) is 0 Å². The first-order valence-electron chi connectivity index (χ1n) is 2.65. The predicted octanol–water partition coefficient (Wildman–Crippen LogP) is 2.20. The van der Waals surface area contributed by atoms with Gasteiger partial charge >= 0.3 is 0 Å². The van der Waals surface area contributed by atoms with Gasteiger partial charge in [-0.1, -0.05) is 0 Å². The summed E-state index contributed by atoms with van der Waals surface area (Å²) in [6.07, 6.45) is 0. The summed E-state index contributed by atoms with van der Waals surface area (Å²) in [6.45, 7) is 1.85. The number of nitrogens with zero attached hydrogens (tertiary/aromatic N) is 1. The molecule has 0 amide bonds. The molecule has 0 spiro atoms. The largest absolute Gasteiger partial charge is 0.440 e. The Balaban J connectivity index is 2.92. The molecule has 0 N–H and O–H groups in total. The van der Waals surface area contributed by atoms with E-state index in [1.807, 2.05) is 17.7 Å². The molecule has 2 rings (SSSR count). The Morgan fingerprint density at radius 1 is 1.56 bits per heavy atom. The number of fused-ring (bicyclic) bond motifs is 1. The molecule has 0 bridgehead atoms. The van der Waals surface area contributed by atoms with Crippen LogP contribution in [0.25, 0.3) is 11.1 Å². The van der Waals surface area contributed by atoms with E-state index in [2.05, 4.69) is 4.98 Å². The fourth-order valence-electron chi connectivity index (χ4n) is 0.788. The van der Waals surface area contributed by atoms with Crippen LogP contribution in [0.1, 0.15) is 5.89 Å². The molecular weight excluding hydrogens is 134 g/mol. The van der Waals surface area contributed by atoms with E-state index in [9.17, 15) is 0 Å². The first-order chi connectivity index (χ1) is 4.36. The van der Waals surface area contributed by atoms with Crippen molar-refractivity contribution in [2.24, 2.45) is 0 Å². The van der Waals surface area contributed by atoms with Crippen LogP contribution in [0.5, 0.6) is 0 Å². The molecule has 46 valence electrons. The Morgan fingerprint density at radius 2 is 2.44 bits per heavy atom. The van der Waals surface area contributed by atoms with Crippen LogP contribution >= 0.6 is 11.3 Å². The summed E-state index contributed by atoms with van der Waals surface area (Å²) >= 11 is 1.61. The van der Waals surface area contributed by atoms with Gasteiger partial charge in [0, 0.05) is 17.7 Å². The average Bonchev–Trinajstić information content (AvgIpc) is 2.22. The van der Waals surface area contributed by atoms with Gasteiger partial charge in [-0.2, -0.15) is 0 Å². The minimum Gasteiger partial charge on any atom is -0.440 e. The lowest BCUT2D eigenvalue weighted by atomic mass is 10.6. The summed E-state index contributed by atoms with van der Waals surface area (Å²) in [5.41, 5.74) is 1.87.